The molecule has 0 fully saturated rings. The summed E-state index contributed by atoms with van der Waals surface area (Å²) in [6.07, 6.45) is 4.71. The van der Waals surface area contributed by atoms with E-state index >= 15 is 0 Å². The maximum atomic E-state index is 8.65. The number of hydrogen-bond donors (Lipinski definition) is 0. The molecule has 0 aromatic heterocycles. The average molecular weight is 598 g/mol. The number of carbonyl (C=O) groups excluding carboxylic acids is 1. The van der Waals surface area contributed by atoms with E-state index in [1.165, 1.54) is 38.0 Å². The van der Waals surface area contributed by atoms with Crippen molar-refractivity contribution in [2.24, 2.45) is 0 Å². The molecule has 0 aliphatic rings. The van der Waals surface area contributed by atoms with Gasteiger partial charge in [-0.25, -0.2) is 0 Å². The second kappa shape index (κ2) is 17.4. The van der Waals surface area contributed by atoms with E-state index in [1.807, 2.05) is 0 Å². The second-order valence-corrected chi connectivity index (χ2v) is 13.1. The van der Waals surface area contributed by atoms with Crippen molar-refractivity contribution in [3.63, 3.8) is 0 Å². The first kappa shape index (κ1) is 28.5. The molecule has 0 saturated carbocycles. The molecule has 0 radical (unpaired) electrons. The van der Waals surface area contributed by atoms with E-state index in [0.29, 0.717) is 0 Å². The molecule has 0 bridgehead atoms. The molecular formula is C31H32NOP2Ru. The van der Waals surface area contributed by atoms with Crippen molar-refractivity contribution in [3.8, 4) is 0 Å². The Morgan fingerprint density at radius 2 is 0.778 bits per heavy atom. The van der Waals surface area contributed by atoms with Crippen LogP contribution in [-0.4, -0.2) is 29.9 Å². The normalized spacial score (nSPS) is 10.5. The van der Waals surface area contributed by atoms with Gasteiger partial charge in [-0.3, -0.25) is 0 Å². The Morgan fingerprint density at radius 3 is 1.03 bits per heavy atom. The Hall–Kier alpha value is -2.10. The zero-order valence-electron chi connectivity index (χ0n) is 20.4. The molecular weight excluding hydrogens is 565 g/mol. The Labute approximate surface area is 228 Å². The molecule has 0 amide bonds. The maximum Gasteiger partial charge on any atom is -0.0195 e. The summed E-state index contributed by atoms with van der Waals surface area (Å²) in [7, 11) is -0.606. The minimum Gasteiger partial charge on any atom is -0.662 e. The molecule has 5 heteroatoms. The third kappa shape index (κ3) is 9.75. The van der Waals surface area contributed by atoms with Gasteiger partial charge in [-0.1, -0.05) is 134 Å². The number of rotatable bonds is 12. The van der Waals surface area contributed by atoms with Crippen molar-refractivity contribution >= 4 is 41.5 Å². The largest absolute Gasteiger partial charge is 0.662 e. The summed E-state index contributed by atoms with van der Waals surface area (Å²) in [6, 6.07) is 44.0. The Balaban J connectivity index is 0.00000115. The smallest absolute Gasteiger partial charge is 0.0195 e. The van der Waals surface area contributed by atoms with Crippen LogP contribution in [0.25, 0.3) is 5.32 Å². The van der Waals surface area contributed by atoms with Crippen molar-refractivity contribution in [1.82, 2.24) is 0 Å². The Morgan fingerprint density at radius 1 is 0.528 bits per heavy atom. The summed E-state index contributed by atoms with van der Waals surface area (Å²) in [5.41, 5.74) is 0. The van der Waals surface area contributed by atoms with Gasteiger partial charge in [0.1, 0.15) is 0 Å². The summed E-state index contributed by atoms with van der Waals surface area (Å²) in [5.74, 6) is 0. The van der Waals surface area contributed by atoms with Crippen LogP contribution in [0.4, 0.5) is 0 Å². The van der Waals surface area contributed by atoms with Crippen molar-refractivity contribution in [2.75, 3.05) is 25.4 Å². The third-order valence-electron chi connectivity index (χ3n) is 5.67. The molecule has 4 rings (SSSR count). The van der Waals surface area contributed by atoms with Crippen LogP contribution >= 0.6 is 15.8 Å². The van der Waals surface area contributed by atoms with E-state index < -0.39 is 0 Å². The molecule has 2 nitrogen and oxygen atoms in total. The van der Waals surface area contributed by atoms with E-state index in [9.17, 15) is 0 Å². The van der Waals surface area contributed by atoms with Crippen LogP contribution in [0.1, 0.15) is 12.8 Å². The molecule has 0 aliphatic heterocycles. The zero-order valence-corrected chi connectivity index (χ0v) is 23.9. The molecule has 4 aromatic rings. The SMILES string of the molecule is O=[C]=[Ru+].c1ccc(P(CCC[N-]CCCP(c2ccccc2)c2ccccc2)c2ccccc2)cc1. The van der Waals surface area contributed by atoms with E-state index in [-0.39, 0.29) is 15.8 Å². The van der Waals surface area contributed by atoms with Crippen LogP contribution in [0.5, 0.6) is 0 Å². The summed E-state index contributed by atoms with van der Waals surface area (Å²) in [4.78, 5) is 8.65. The van der Waals surface area contributed by atoms with Gasteiger partial charge in [-0.05, 0) is 49.4 Å². The topological polar surface area (TPSA) is 31.2 Å². The fraction of sp³-hybridized carbons (Fsp3) is 0.194. The van der Waals surface area contributed by atoms with Crippen molar-refractivity contribution < 1.29 is 22.6 Å². The molecule has 0 spiro atoms. The summed E-state index contributed by atoms with van der Waals surface area (Å²) in [5, 5.41) is 10.8. The van der Waals surface area contributed by atoms with Crippen LogP contribution in [0.15, 0.2) is 121 Å². The van der Waals surface area contributed by atoms with Crippen molar-refractivity contribution in [3.05, 3.63) is 127 Å². The first-order valence-corrected chi connectivity index (χ1v) is 16.1. The first-order valence-electron chi connectivity index (χ1n) is 12.2. The molecule has 36 heavy (non-hydrogen) atoms. The third-order valence-corrected chi connectivity index (χ3v) is 10.9. The van der Waals surface area contributed by atoms with E-state index in [4.69, 9.17) is 10.1 Å². The fourth-order valence-electron chi connectivity index (χ4n) is 4.04. The van der Waals surface area contributed by atoms with Crippen LogP contribution in [0, 0.1) is 0 Å². The summed E-state index contributed by atoms with van der Waals surface area (Å²) in [6.45, 7) is 1.93. The predicted octanol–water partition coefficient (Wildman–Crippen LogP) is 6.01. The maximum absolute atomic E-state index is 8.65. The number of hydrogen-bond acceptors (Lipinski definition) is 1. The monoisotopic (exact) mass is 598 g/mol. The quantitative estimate of drug-likeness (QED) is 0.112. The van der Waals surface area contributed by atoms with Crippen molar-refractivity contribution in [2.45, 2.75) is 12.8 Å². The minimum atomic E-state index is -0.303. The van der Waals surface area contributed by atoms with Gasteiger partial charge >= 0.3 is 27.1 Å². The molecule has 185 valence electrons. The van der Waals surface area contributed by atoms with Gasteiger partial charge in [0.15, 0.2) is 0 Å². The molecule has 4 aromatic carbocycles. The molecule has 0 atom stereocenters. The van der Waals surface area contributed by atoms with E-state index in [0.717, 1.165) is 25.9 Å². The summed E-state index contributed by atoms with van der Waals surface area (Å²) < 4.78 is 1.43. The van der Waals surface area contributed by atoms with Gasteiger partial charge in [0.25, 0.3) is 0 Å². The van der Waals surface area contributed by atoms with Gasteiger partial charge < -0.3 is 5.32 Å². The average Bonchev–Trinajstić information content (AvgIpc) is 2.95. The predicted molar refractivity (Wildman–Crippen MR) is 156 cm³/mol. The number of benzene rings is 4. The van der Waals surface area contributed by atoms with Crippen LogP contribution in [0.2, 0.25) is 0 Å². The van der Waals surface area contributed by atoms with Gasteiger partial charge in [0, 0.05) is 0 Å². The minimum absolute atomic E-state index is 0.303. The molecule has 0 saturated heterocycles. The molecule has 0 N–H and O–H groups in total. The van der Waals surface area contributed by atoms with Crippen LogP contribution in [0.3, 0.4) is 0 Å². The zero-order chi connectivity index (χ0) is 25.3. The van der Waals surface area contributed by atoms with Gasteiger partial charge in [-0.2, -0.15) is 0 Å². The Bertz CT molecular complexity index is 972. The fourth-order valence-corrected chi connectivity index (χ4v) is 8.71. The first-order chi connectivity index (χ1) is 17.8. The van der Waals surface area contributed by atoms with Crippen LogP contribution < -0.4 is 21.2 Å². The van der Waals surface area contributed by atoms with E-state index in [2.05, 4.69) is 121 Å². The standard InChI is InChI=1S/C30H32NP2.CO.Ru/c1-5-15-27(16-6-1)32(28-17-7-2-8-18-28)25-13-23-31-24-14-26-33(29-19-9-3-10-20-29)30-21-11-4-12-22-30;1-2;/h1-12,15-22H,13-14,23-26H2;;/q-1;;+1. The number of nitrogens with zero attached hydrogens (tertiary/aromatic N) is 1. The van der Waals surface area contributed by atoms with Gasteiger partial charge in [0.2, 0.25) is 0 Å². The van der Waals surface area contributed by atoms with Crippen molar-refractivity contribution in [1.29, 1.82) is 0 Å². The molecule has 0 unspecified atom stereocenters. The second-order valence-electron chi connectivity index (χ2n) is 8.10. The van der Waals surface area contributed by atoms with Crippen LogP contribution in [-0.2, 0) is 22.6 Å². The van der Waals surface area contributed by atoms with E-state index in [1.54, 1.807) is 17.9 Å². The summed E-state index contributed by atoms with van der Waals surface area (Å²) >= 11 is 1.70. The van der Waals surface area contributed by atoms with Gasteiger partial charge in [0.05, 0.1) is 0 Å². The molecule has 0 aliphatic carbocycles. The van der Waals surface area contributed by atoms with Gasteiger partial charge in [-0.15, -0.1) is 13.1 Å². The molecule has 0 heterocycles. The Kier molecular flexibility index (Phi) is 13.7.